The number of furan rings is 2. The first kappa shape index (κ1) is 19.2. The van der Waals surface area contributed by atoms with Gasteiger partial charge in [0.15, 0.2) is 0 Å². The van der Waals surface area contributed by atoms with E-state index in [-0.39, 0.29) is 24.4 Å². The molecule has 8 nitrogen and oxygen atoms in total. The maximum atomic E-state index is 13.1. The molecule has 8 heteroatoms. The van der Waals surface area contributed by atoms with Crippen LogP contribution in [0.4, 0.5) is 11.4 Å². The molecule has 0 saturated carbocycles. The highest BCUT2D eigenvalue weighted by molar-refractivity contribution is 6.01. The lowest BCUT2D eigenvalue weighted by atomic mass is 10.1. The predicted octanol–water partition coefficient (Wildman–Crippen LogP) is 3.79. The van der Waals surface area contributed by atoms with E-state index in [1.54, 1.807) is 29.6 Å². The van der Waals surface area contributed by atoms with Gasteiger partial charge in [-0.15, -0.1) is 0 Å². The molecule has 1 fully saturated rings. The molecular formula is C23H22N4O4. The molecule has 2 amide bonds. The molecule has 1 aromatic carbocycles. The average Bonchev–Trinajstić information content (AvgIpc) is 3.58. The number of nitrogens with one attached hydrogen (secondary N) is 1. The van der Waals surface area contributed by atoms with Crippen LogP contribution in [0, 0.1) is 0 Å². The fourth-order valence-electron chi connectivity index (χ4n) is 4.05. The number of amides is 2. The topological polar surface area (TPSA) is 91.3 Å². The van der Waals surface area contributed by atoms with Gasteiger partial charge in [-0.3, -0.25) is 9.59 Å². The Kier molecular flexibility index (Phi) is 5.03. The van der Waals surface area contributed by atoms with E-state index in [2.05, 4.69) is 10.4 Å². The quantitative estimate of drug-likeness (QED) is 0.658. The van der Waals surface area contributed by atoms with Crippen LogP contribution in [0.1, 0.15) is 36.8 Å². The lowest BCUT2D eigenvalue weighted by Crippen LogP contribution is -2.32. The number of nitrogens with zero attached hydrogens (tertiary/aromatic N) is 3. The number of anilines is 2. The van der Waals surface area contributed by atoms with Gasteiger partial charge in [0.2, 0.25) is 5.91 Å². The Morgan fingerprint density at radius 2 is 1.94 bits per heavy atom. The van der Waals surface area contributed by atoms with Gasteiger partial charge in [0, 0.05) is 19.4 Å². The van der Waals surface area contributed by atoms with Crippen molar-refractivity contribution in [2.75, 3.05) is 23.3 Å². The van der Waals surface area contributed by atoms with Crippen LogP contribution in [0.5, 0.6) is 0 Å². The van der Waals surface area contributed by atoms with E-state index in [4.69, 9.17) is 8.83 Å². The summed E-state index contributed by atoms with van der Waals surface area (Å²) in [5.74, 6) is 1.20. The second-order valence-electron chi connectivity index (χ2n) is 7.52. The summed E-state index contributed by atoms with van der Waals surface area (Å²) in [4.78, 5) is 27.1. The second-order valence-corrected chi connectivity index (χ2v) is 7.52. The zero-order valence-electron chi connectivity index (χ0n) is 16.9. The van der Waals surface area contributed by atoms with Gasteiger partial charge < -0.3 is 19.1 Å². The monoisotopic (exact) mass is 418 g/mol. The number of carbonyl (C=O) groups is 2. The van der Waals surface area contributed by atoms with E-state index in [1.165, 1.54) is 5.01 Å². The fraction of sp³-hybridized carbons (Fsp3) is 0.261. The first-order valence-corrected chi connectivity index (χ1v) is 10.3. The zero-order chi connectivity index (χ0) is 21.2. The molecule has 1 unspecified atom stereocenters. The van der Waals surface area contributed by atoms with Crippen LogP contribution < -0.4 is 10.2 Å². The lowest BCUT2D eigenvalue weighted by molar-refractivity contribution is -0.131. The summed E-state index contributed by atoms with van der Waals surface area (Å²) in [6.07, 6.45) is 5.07. The highest BCUT2D eigenvalue weighted by atomic mass is 16.3. The Morgan fingerprint density at radius 1 is 1.10 bits per heavy atom. The molecule has 31 heavy (non-hydrogen) atoms. The molecule has 2 aromatic heterocycles. The van der Waals surface area contributed by atoms with Gasteiger partial charge in [0.05, 0.1) is 30.4 Å². The van der Waals surface area contributed by atoms with Crippen LogP contribution in [-0.4, -0.2) is 35.6 Å². The third-order valence-corrected chi connectivity index (χ3v) is 5.54. The fourth-order valence-corrected chi connectivity index (χ4v) is 4.05. The van der Waals surface area contributed by atoms with E-state index < -0.39 is 0 Å². The van der Waals surface area contributed by atoms with Gasteiger partial charge in [0.1, 0.15) is 23.3 Å². The third-order valence-electron chi connectivity index (χ3n) is 5.54. The lowest BCUT2D eigenvalue weighted by Gasteiger charge is -2.22. The molecule has 1 N–H and O–H groups in total. The first-order valence-electron chi connectivity index (χ1n) is 10.3. The number of hydrogen-bond acceptors (Lipinski definition) is 6. The molecule has 5 rings (SSSR count). The summed E-state index contributed by atoms with van der Waals surface area (Å²) in [7, 11) is 0. The Balaban J connectivity index is 1.35. The first-order chi connectivity index (χ1) is 15.2. The molecule has 0 spiro atoms. The summed E-state index contributed by atoms with van der Waals surface area (Å²) in [6.45, 7) is 0.722. The SMILES string of the molecule is O=C1CCCN1c1ccccc1NCC(=O)N1N=C(c2ccco2)CC1c1ccco1. The van der Waals surface area contributed by atoms with Crippen molar-refractivity contribution < 1.29 is 18.4 Å². The second kappa shape index (κ2) is 8.14. The molecule has 0 bridgehead atoms. The molecule has 0 radical (unpaired) electrons. The van der Waals surface area contributed by atoms with Crippen LogP contribution in [0.2, 0.25) is 0 Å². The minimum Gasteiger partial charge on any atom is -0.467 e. The van der Waals surface area contributed by atoms with Crippen molar-refractivity contribution in [1.82, 2.24) is 5.01 Å². The summed E-state index contributed by atoms with van der Waals surface area (Å²) < 4.78 is 11.0. The Morgan fingerprint density at radius 3 is 2.68 bits per heavy atom. The highest BCUT2D eigenvalue weighted by Gasteiger charge is 2.35. The van der Waals surface area contributed by atoms with Crippen molar-refractivity contribution in [1.29, 1.82) is 0 Å². The van der Waals surface area contributed by atoms with Crippen LogP contribution in [0.25, 0.3) is 0 Å². The molecule has 2 aliphatic rings. The number of hydrazone groups is 1. The van der Waals surface area contributed by atoms with E-state index in [0.717, 1.165) is 17.8 Å². The number of hydrogen-bond donors (Lipinski definition) is 1. The Hall–Kier alpha value is -3.81. The average molecular weight is 418 g/mol. The molecule has 3 aromatic rings. The van der Waals surface area contributed by atoms with Crippen molar-refractivity contribution >= 4 is 28.9 Å². The summed E-state index contributed by atoms with van der Waals surface area (Å²) >= 11 is 0. The number of benzene rings is 1. The normalized spacial score (nSPS) is 18.5. The van der Waals surface area contributed by atoms with Gasteiger partial charge in [-0.2, -0.15) is 5.10 Å². The van der Waals surface area contributed by atoms with Gasteiger partial charge in [-0.25, -0.2) is 5.01 Å². The van der Waals surface area contributed by atoms with Gasteiger partial charge in [0.25, 0.3) is 5.91 Å². The molecule has 1 saturated heterocycles. The van der Waals surface area contributed by atoms with Crippen molar-refractivity contribution in [2.24, 2.45) is 5.10 Å². The van der Waals surface area contributed by atoms with Crippen LogP contribution in [0.3, 0.4) is 0 Å². The third kappa shape index (κ3) is 3.72. The van der Waals surface area contributed by atoms with Crippen molar-refractivity contribution in [3.63, 3.8) is 0 Å². The smallest absolute Gasteiger partial charge is 0.262 e. The van der Waals surface area contributed by atoms with E-state index in [1.807, 2.05) is 36.4 Å². The zero-order valence-corrected chi connectivity index (χ0v) is 16.9. The Bertz CT molecular complexity index is 1100. The summed E-state index contributed by atoms with van der Waals surface area (Å²) in [6, 6.07) is 14.5. The maximum Gasteiger partial charge on any atom is 0.262 e. The molecule has 4 heterocycles. The van der Waals surface area contributed by atoms with Crippen LogP contribution >= 0.6 is 0 Å². The molecule has 2 aliphatic heterocycles. The van der Waals surface area contributed by atoms with Crippen molar-refractivity contribution in [3.05, 3.63) is 72.6 Å². The molecule has 0 aliphatic carbocycles. The standard InChI is InChI=1S/C23H22N4O4/c28-22-10-3-11-26(22)18-7-2-1-6-16(18)24-15-23(29)27-19(21-9-5-13-31-21)14-17(25-27)20-8-4-12-30-20/h1-2,4-9,12-13,19,24H,3,10-11,14-15H2. The van der Waals surface area contributed by atoms with Gasteiger partial charge in [-0.1, -0.05) is 12.1 Å². The minimum atomic E-state index is -0.334. The summed E-state index contributed by atoms with van der Waals surface area (Å²) in [5.41, 5.74) is 2.24. The van der Waals surface area contributed by atoms with E-state index >= 15 is 0 Å². The summed E-state index contributed by atoms with van der Waals surface area (Å²) in [5, 5.41) is 9.18. The van der Waals surface area contributed by atoms with E-state index in [0.29, 0.717) is 36.6 Å². The molecular weight excluding hydrogens is 396 g/mol. The number of para-hydroxylation sites is 2. The number of carbonyl (C=O) groups excluding carboxylic acids is 2. The number of rotatable bonds is 6. The van der Waals surface area contributed by atoms with Crippen LogP contribution in [0.15, 0.2) is 75.0 Å². The molecule has 1 atom stereocenters. The molecule has 158 valence electrons. The van der Waals surface area contributed by atoms with E-state index in [9.17, 15) is 9.59 Å². The van der Waals surface area contributed by atoms with Crippen molar-refractivity contribution in [2.45, 2.75) is 25.3 Å². The highest BCUT2D eigenvalue weighted by Crippen LogP contribution is 2.34. The minimum absolute atomic E-state index is 0.0329. The van der Waals surface area contributed by atoms with Crippen LogP contribution in [-0.2, 0) is 9.59 Å². The maximum absolute atomic E-state index is 13.1. The van der Waals surface area contributed by atoms with Gasteiger partial charge in [-0.05, 0) is 42.8 Å². The Labute approximate surface area is 179 Å². The largest absolute Gasteiger partial charge is 0.467 e. The van der Waals surface area contributed by atoms with Gasteiger partial charge >= 0.3 is 0 Å². The predicted molar refractivity (Wildman–Crippen MR) is 115 cm³/mol. The van der Waals surface area contributed by atoms with Crippen molar-refractivity contribution in [3.8, 4) is 0 Å².